The molecule has 0 saturated carbocycles. The minimum Gasteiger partial charge on any atom is -0.368 e. The van der Waals surface area contributed by atoms with Crippen LogP contribution in [0, 0.1) is 0 Å². The average molecular weight is 213 g/mol. The zero-order chi connectivity index (χ0) is 11.4. The van der Waals surface area contributed by atoms with E-state index in [1.165, 1.54) is 11.8 Å². The van der Waals surface area contributed by atoms with Gasteiger partial charge >= 0.3 is 0 Å². The van der Waals surface area contributed by atoms with Crippen molar-refractivity contribution < 1.29 is 14.4 Å². The summed E-state index contributed by atoms with van der Waals surface area (Å²) in [5, 5.41) is 2.40. The Morgan fingerprint density at radius 3 is 2.67 bits per heavy atom. The van der Waals surface area contributed by atoms with E-state index >= 15 is 0 Å². The number of primary amides is 1. The average Bonchev–Trinajstić information content (AvgIpc) is 2.62. The molecule has 1 atom stereocenters. The van der Waals surface area contributed by atoms with Gasteiger partial charge in [-0.1, -0.05) is 0 Å². The van der Waals surface area contributed by atoms with Crippen LogP contribution >= 0.6 is 0 Å². The number of hydrogen-bond acceptors (Lipinski definition) is 3. The summed E-state index contributed by atoms with van der Waals surface area (Å²) in [5.74, 6) is -1.01. The molecule has 6 nitrogen and oxygen atoms in total. The Morgan fingerprint density at radius 2 is 2.13 bits per heavy atom. The van der Waals surface area contributed by atoms with Crippen molar-refractivity contribution in [2.75, 3.05) is 13.1 Å². The molecule has 84 valence electrons. The summed E-state index contributed by atoms with van der Waals surface area (Å²) in [6.07, 6.45) is 1.39. The monoisotopic (exact) mass is 213 g/mol. The number of nitrogens with one attached hydrogen (secondary N) is 1. The van der Waals surface area contributed by atoms with Crippen LogP contribution in [0.1, 0.15) is 19.8 Å². The maximum Gasteiger partial charge on any atom is 0.242 e. The van der Waals surface area contributed by atoms with Gasteiger partial charge in [-0.2, -0.15) is 0 Å². The Balaban J connectivity index is 2.51. The Labute approximate surface area is 87.8 Å². The zero-order valence-corrected chi connectivity index (χ0v) is 8.66. The van der Waals surface area contributed by atoms with E-state index in [4.69, 9.17) is 5.73 Å². The van der Waals surface area contributed by atoms with Crippen molar-refractivity contribution in [3.63, 3.8) is 0 Å². The quantitative estimate of drug-likeness (QED) is 0.603. The van der Waals surface area contributed by atoms with Gasteiger partial charge in [0.15, 0.2) is 0 Å². The van der Waals surface area contributed by atoms with Crippen LogP contribution in [0.4, 0.5) is 0 Å². The molecular formula is C9H15N3O3. The van der Waals surface area contributed by atoms with Crippen molar-refractivity contribution in [1.82, 2.24) is 10.2 Å². The summed E-state index contributed by atoms with van der Waals surface area (Å²) in [5.41, 5.74) is 5.16. The smallest absolute Gasteiger partial charge is 0.242 e. The van der Waals surface area contributed by atoms with Crippen LogP contribution in [-0.4, -0.2) is 41.8 Å². The fraction of sp³-hybridized carbons (Fsp3) is 0.667. The summed E-state index contributed by atoms with van der Waals surface area (Å²) in [4.78, 5) is 34.6. The number of carbonyl (C=O) groups is 3. The Bertz CT molecular complexity index is 290. The number of nitrogens with zero attached hydrogens (tertiary/aromatic N) is 1. The molecule has 3 amide bonds. The van der Waals surface area contributed by atoms with Crippen LogP contribution < -0.4 is 11.1 Å². The lowest BCUT2D eigenvalue weighted by Crippen LogP contribution is -2.47. The van der Waals surface area contributed by atoms with E-state index in [0.29, 0.717) is 13.0 Å². The minimum absolute atomic E-state index is 0.0703. The molecule has 0 bridgehead atoms. The molecule has 3 N–H and O–H groups in total. The normalized spacial score (nSPS) is 20.1. The number of likely N-dealkylation sites (tertiary alicyclic amines) is 1. The first-order valence-electron chi connectivity index (χ1n) is 4.85. The number of nitrogens with two attached hydrogens (primary N) is 1. The van der Waals surface area contributed by atoms with Gasteiger partial charge in [0.25, 0.3) is 0 Å². The highest BCUT2D eigenvalue weighted by Gasteiger charge is 2.32. The molecule has 6 heteroatoms. The summed E-state index contributed by atoms with van der Waals surface area (Å²) < 4.78 is 0. The fourth-order valence-corrected chi connectivity index (χ4v) is 1.66. The van der Waals surface area contributed by atoms with Gasteiger partial charge in [-0.15, -0.1) is 0 Å². The molecule has 1 rings (SSSR count). The highest BCUT2D eigenvalue weighted by atomic mass is 16.2. The molecule has 1 aliphatic rings. The largest absolute Gasteiger partial charge is 0.368 e. The van der Waals surface area contributed by atoms with Gasteiger partial charge < -0.3 is 16.0 Å². The molecule has 0 aromatic carbocycles. The molecule has 0 radical (unpaired) electrons. The first kappa shape index (κ1) is 11.5. The second-order valence-corrected chi connectivity index (χ2v) is 3.56. The predicted molar refractivity (Wildman–Crippen MR) is 52.6 cm³/mol. The third-order valence-electron chi connectivity index (χ3n) is 2.39. The number of rotatable bonds is 3. The molecule has 15 heavy (non-hydrogen) atoms. The van der Waals surface area contributed by atoms with Crippen molar-refractivity contribution in [2.24, 2.45) is 5.73 Å². The van der Waals surface area contributed by atoms with Crippen LogP contribution in [0.5, 0.6) is 0 Å². The van der Waals surface area contributed by atoms with Crippen molar-refractivity contribution in [2.45, 2.75) is 25.8 Å². The van der Waals surface area contributed by atoms with Crippen LogP contribution in [0.3, 0.4) is 0 Å². The van der Waals surface area contributed by atoms with Crippen LogP contribution in [-0.2, 0) is 14.4 Å². The molecule has 0 spiro atoms. The predicted octanol–water partition coefficient (Wildman–Crippen LogP) is -1.40. The number of amides is 3. The standard InChI is InChI=1S/C9H15N3O3/c1-6(13)11-5-8(14)12-4-2-3-7(12)9(10)15/h7H,2-5H2,1H3,(H2,10,15)(H,11,13). The van der Waals surface area contributed by atoms with Crippen molar-refractivity contribution >= 4 is 17.7 Å². The second kappa shape index (κ2) is 4.77. The molecule has 1 fully saturated rings. The molecule has 0 aromatic rings. The molecule has 1 aliphatic heterocycles. The lowest BCUT2D eigenvalue weighted by Gasteiger charge is -2.22. The van der Waals surface area contributed by atoms with Gasteiger partial charge in [-0.3, -0.25) is 14.4 Å². The van der Waals surface area contributed by atoms with Crippen LogP contribution in [0.15, 0.2) is 0 Å². The van der Waals surface area contributed by atoms with Gasteiger partial charge in [-0.05, 0) is 12.8 Å². The minimum atomic E-state index is -0.508. The number of carbonyl (C=O) groups excluding carboxylic acids is 3. The Hall–Kier alpha value is -1.59. The fourth-order valence-electron chi connectivity index (χ4n) is 1.66. The summed E-state index contributed by atoms with van der Waals surface area (Å²) in [6, 6.07) is -0.508. The highest BCUT2D eigenvalue weighted by Crippen LogP contribution is 2.16. The molecule has 1 heterocycles. The SMILES string of the molecule is CC(=O)NCC(=O)N1CCCC1C(N)=O. The van der Waals surface area contributed by atoms with E-state index in [2.05, 4.69) is 5.32 Å². The van der Waals surface area contributed by atoms with E-state index in [1.54, 1.807) is 0 Å². The maximum atomic E-state index is 11.6. The Kier molecular flexibility index (Phi) is 3.65. The first-order chi connectivity index (χ1) is 7.02. The van der Waals surface area contributed by atoms with Gasteiger partial charge in [0.1, 0.15) is 6.04 Å². The highest BCUT2D eigenvalue weighted by molar-refractivity contribution is 5.89. The third-order valence-corrected chi connectivity index (χ3v) is 2.39. The Morgan fingerprint density at radius 1 is 1.47 bits per heavy atom. The first-order valence-corrected chi connectivity index (χ1v) is 4.85. The van der Waals surface area contributed by atoms with Crippen molar-refractivity contribution in [3.05, 3.63) is 0 Å². The molecular weight excluding hydrogens is 198 g/mol. The lowest BCUT2D eigenvalue weighted by molar-refractivity contribution is -0.137. The van der Waals surface area contributed by atoms with Gasteiger partial charge in [-0.25, -0.2) is 0 Å². The molecule has 0 aliphatic carbocycles. The van der Waals surface area contributed by atoms with E-state index in [-0.39, 0.29) is 18.4 Å². The van der Waals surface area contributed by atoms with Crippen molar-refractivity contribution in [1.29, 1.82) is 0 Å². The zero-order valence-electron chi connectivity index (χ0n) is 8.66. The third kappa shape index (κ3) is 2.93. The molecule has 1 unspecified atom stereocenters. The van der Waals surface area contributed by atoms with E-state index in [9.17, 15) is 14.4 Å². The maximum absolute atomic E-state index is 11.6. The van der Waals surface area contributed by atoms with Crippen molar-refractivity contribution in [3.8, 4) is 0 Å². The molecule has 0 aromatic heterocycles. The van der Waals surface area contributed by atoms with Crippen LogP contribution in [0.2, 0.25) is 0 Å². The van der Waals surface area contributed by atoms with E-state index in [0.717, 1.165) is 6.42 Å². The topological polar surface area (TPSA) is 92.5 Å². The van der Waals surface area contributed by atoms with Gasteiger partial charge in [0.05, 0.1) is 6.54 Å². The van der Waals surface area contributed by atoms with Gasteiger partial charge in [0, 0.05) is 13.5 Å². The second-order valence-electron chi connectivity index (χ2n) is 3.56. The molecule has 1 saturated heterocycles. The van der Waals surface area contributed by atoms with E-state index in [1.807, 2.05) is 0 Å². The summed E-state index contributed by atoms with van der Waals surface area (Å²) >= 11 is 0. The summed E-state index contributed by atoms with van der Waals surface area (Å²) in [6.45, 7) is 1.80. The number of hydrogen-bond donors (Lipinski definition) is 2. The van der Waals surface area contributed by atoms with E-state index < -0.39 is 11.9 Å². The lowest BCUT2D eigenvalue weighted by atomic mass is 10.2. The van der Waals surface area contributed by atoms with Crippen LogP contribution in [0.25, 0.3) is 0 Å². The summed E-state index contributed by atoms with van der Waals surface area (Å²) in [7, 11) is 0. The van der Waals surface area contributed by atoms with Gasteiger partial charge in [0.2, 0.25) is 17.7 Å².